The number of aromatic nitrogens is 4. The van der Waals surface area contributed by atoms with E-state index in [1.54, 1.807) is 11.0 Å². The molecule has 0 spiro atoms. The summed E-state index contributed by atoms with van der Waals surface area (Å²) >= 11 is 0. The van der Waals surface area contributed by atoms with E-state index in [1.165, 1.54) is 16.8 Å². The number of carbonyl (C=O) groups is 1. The van der Waals surface area contributed by atoms with Crippen LogP contribution in [-0.4, -0.2) is 49.7 Å². The number of nitrogens with zero attached hydrogens (tertiary/aromatic N) is 4. The van der Waals surface area contributed by atoms with Crippen LogP contribution in [0.15, 0.2) is 34.0 Å². The van der Waals surface area contributed by atoms with Crippen LogP contribution in [0, 0.1) is 6.92 Å². The predicted octanol–water partition coefficient (Wildman–Crippen LogP) is -0.295. The van der Waals surface area contributed by atoms with E-state index < -0.39 is 11.2 Å². The fourth-order valence-corrected chi connectivity index (χ4v) is 2.67. The lowest BCUT2D eigenvalue weighted by Crippen LogP contribution is -2.34. The van der Waals surface area contributed by atoms with Crippen LogP contribution < -0.4 is 16.0 Å². The molecule has 0 aliphatic carbocycles. The Bertz CT molecular complexity index is 858. The largest absolute Gasteiger partial charge is 0.471 e. The number of aryl methyl sites for hydroxylation is 2. The summed E-state index contributed by atoms with van der Waals surface area (Å²) in [6.45, 7) is 3.15. The molecular weight excluding hydrogens is 326 g/mol. The van der Waals surface area contributed by atoms with Crippen LogP contribution in [-0.2, 0) is 11.3 Å². The minimum Gasteiger partial charge on any atom is -0.471 e. The van der Waals surface area contributed by atoms with Crippen molar-refractivity contribution in [2.24, 2.45) is 0 Å². The van der Waals surface area contributed by atoms with Crippen molar-refractivity contribution in [3.05, 3.63) is 50.9 Å². The van der Waals surface area contributed by atoms with Gasteiger partial charge in [0.05, 0.1) is 12.2 Å². The molecular formula is C16H19N5O4. The Morgan fingerprint density at radius 3 is 2.88 bits per heavy atom. The lowest BCUT2D eigenvalue weighted by molar-refractivity contribution is -0.130. The molecule has 0 saturated carbocycles. The third kappa shape index (κ3) is 4.31. The highest BCUT2D eigenvalue weighted by molar-refractivity contribution is 5.76. The van der Waals surface area contributed by atoms with Gasteiger partial charge in [-0.1, -0.05) is 0 Å². The Kier molecular flexibility index (Phi) is 4.92. The van der Waals surface area contributed by atoms with E-state index in [4.69, 9.17) is 4.74 Å². The maximum atomic E-state index is 12.3. The van der Waals surface area contributed by atoms with Gasteiger partial charge >= 0.3 is 5.69 Å². The predicted molar refractivity (Wildman–Crippen MR) is 88.3 cm³/mol. The second kappa shape index (κ2) is 7.29. The summed E-state index contributed by atoms with van der Waals surface area (Å²) in [5, 5.41) is 7.90. The van der Waals surface area contributed by atoms with E-state index in [-0.39, 0.29) is 25.0 Å². The van der Waals surface area contributed by atoms with E-state index in [0.717, 1.165) is 12.1 Å². The van der Waals surface area contributed by atoms with E-state index >= 15 is 0 Å². The average molecular weight is 345 g/mol. The standard InChI is InChI=1S/C16H19N5O4/c1-11-2-3-14(19-18-11)25-12-4-7-21(10-12)15(23)6-9-20-8-5-13(22)17-16(20)24/h2-3,5,8,12H,4,6-7,9-10H2,1H3,(H,17,22,24). The number of ether oxygens (including phenoxy) is 1. The molecule has 1 N–H and O–H groups in total. The topological polar surface area (TPSA) is 110 Å². The van der Waals surface area contributed by atoms with Crippen molar-refractivity contribution in [1.29, 1.82) is 0 Å². The Morgan fingerprint density at radius 1 is 1.32 bits per heavy atom. The van der Waals surface area contributed by atoms with Crippen LogP contribution >= 0.6 is 0 Å². The maximum absolute atomic E-state index is 12.3. The zero-order valence-corrected chi connectivity index (χ0v) is 13.8. The molecule has 3 heterocycles. The molecule has 1 aliphatic rings. The van der Waals surface area contributed by atoms with Gasteiger partial charge in [0.25, 0.3) is 5.56 Å². The second-order valence-corrected chi connectivity index (χ2v) is 5.93. The lowest BCUT2D eigenvalue weighted by atomic mass is 10.3. The molecule has 9 nitrogen and oxygen atoms in total. The van der Waals surface area contributed by atoms with Gasteiger partial charge in [-0.05, 0) is 13.0 Å². The van der Waals surface area contributed by atoms with Gasteiger partial charge in [-0.2, -0.15) is 5.10 Å². The number of H-pyrrole nitrogens is 1. The maximum Gasteiger partial charge on any atom is 0.328 e. The van der Waals surface area contributed by atoms with Crippen molar-refractivity contribution in [3.63, 3.8) is 0 Å². The molecule has 1 unspecified atom stereocenters. The summed E-state index contributed by atoms with van der Waals surface area (Å²) in [6, 6.07) is 4.84. The zero-order chi connectivity index (χ0) is 17.8. The van der Waals surface area contributed by atoms with Gasteiger partial charge in [0, 0.05) is 44.3 Å². The second-order valence-electron chi connectivity index (χ2n) is 5.93. The minimum atomic E-state index is -0.513. The van der Waals surface area contributed by atoms with Gasteiger partial charge in [0.1, 0.15) is 6.10 Å². The van der Waals surface area contributed by atoms with E-state index in [0.29, 0.717) is 19.0 Å². The summed E-state index contributed by atoms with van der Waals surface area (Å²) in [5.74, 6) is 0.392. The highest BCUT2D eigenvalue weighted by Crippen LogP contribution is 2.16. The first-order valence-corrected chi connectivity index (χ1v) is 8.06. The Labute approximate surface area is 143 Å². The smallest absolute Gasteiger partial charge is 0.328 e. The SMILES string of the molecule is Cc1ccc(OC2CCN(C(=O)CCn3ccc(=O)[nH]c3=O)C2)nn1. The van der Waals surface area contributed by atoms with Gasteiger partial charge < -0.3 is 14.2 Å². The third-order valence-corrected chi connectivity index (χ3v) is 4.02. The summed E-state index contributed by atoms with van der Waals surface area (Å²) in [7, 11) is 0. The van der Waals surface area contributed by atoms with Gasteiger partial charge in [0.2, 0.25) is 11.8 Å². The summed E-state index contributed by atoms with van der Waals surface area (Å²) in [4.78, 5) is 38.8. The molecule has 3 rings (SSSR count). The molecule has 1 aliphatic heterocycles. The number of hydrogen-bond donors (Lipinski definition) is 1. The molecule has 0 bridgehead atoms. The van der Waals surface area contributed by atoms with Crippen molar-refractivity contribution in [3.8, 4) is 5.88 Å². The van der Waals surface area contributed by atoms with Gasteiger partial charge in [-0.15, -0.1) is 5.10 Å². The molecule has 2 aromatic heterocycles. The number of rotatable bonds is 5. The van der Waals surface area contributed by atoms with Gasteiger partial charge in [-0.3, -0.25) is 14.6 Å². The molecule has 1 amide bonds. The monoisotopic (exact) mass is 345 g/mol. The molecule has 132 valence electrons. The molecule has 0 radical (unpaired) electrons. The van der Waals surface area contributed by atoms with Crippen molar-refractivity contribution >= 4 is 5.91 Å². The van der Waals surface area contributed by atoms with E-state index in [2.05, 4.69) is 15.2 Å². The first-order valence-electron chi connectivity index (χ1n) is 8.06. The number of carbonyl (C=O) groups excluding carboxylic acids is 1. The third-order valence-electron chi connectivity index (χ3n) is 4.02. The zero-order valence-electron chi connectivity index (χ0n) is 13.8. The molecule has 1 atom stereocenters. The van der Waals surface area contributed by atoms with Crippen molar-refractivity contribution in [1.82, 2.24) is 24.6 Å². The van der Waals surface area contributed by atoms with Crippen LogP contribution in [0.3, 0.4) is 0 Å². The Balaban J connectivity index is 1.51. The molecule has 1 fully saturated rings. The first kappa shape index (κ1) is 16.9. The van der Waals surface area contributed by atoms with Crippen LogP contribution in [0.25, 0.3) is 0 Å². The quantitative estimate of drug-likeness (QED) is 0.797. The van der Waals surface area contributed by atoms with Crippen LogP contribution in [0.2, 0.25) is 0 Å². The summed E-state index contributed by atoms with van der Waals surface area (Å²) in [6.07, 6.45) is 2.18. The molecule has 2 aromatic rings. The van der Waals surface area contributed by atoms with Crippen LogP contribution in [0.5, 0.6) is 5.88 Å². The molecule has 25 heavy (non-hydrogen) atoms. The Morgan fingerprint density at radius 2 is 2.16 bits per heavy atom. The summed E-state index contributed by atoms with van der Waals surface area (Å²) < 4.78 is 7.05. The van der Waals surface area contributed by atoms with E-state index in [9.17, 15) is 14.4 Å². The average Bonchev–Trinajstić information content (AvgIpc) is 3.04. The van der Waals surface area contributed by atoms with E-state index in [1.807, 2.05) is 13.0 Å². The highest BCUT2D eigenvalue weighted by Gasteiger charge is 2.27. The van der Waals surface area contributed by atoms with Crippen molar-refractivity contribution in [2.75, 3.05) is 13.1 Å². The molecule has 0 aromatic carbocycles. The minimum absolute atomic E-state index is 0.0563. The normalized spacial score (nSPS) is 16.8. The number of nitrogens with one attached hydrogen (secondary N) is 1. The van der Waals surface area contributed by atoms with Gasteiger partial charge in [-0.25, -0.2) is 4.79 Å². The van der Waals surface area contributed by atoms with Crippen molar-refractivity contribution in [2.45, 2.75) is 32.4 Å². The molecule has 9 heteroatoms. The lowest BCUT2D eigenvalue weighted by Gasteiger charge is -2.17. The fourth-order valence-electron chi connectivity index (χ4n) is 2.67. The fraction of sp³-hybridized carbons (Fsp3) is 0.438. The van der Waals surface area contributed by atoms with Crippen LogP contribution in [0.1, 0.15) is 18.5 Å². The van der Waals surface area contributed by atoms with Crippen molar-refractivity contribution < 1.29 is 9.53 Å². The summed E-state index contributed by atoms with van der Waals surface area (Å²) in [5.41, 5.74) is -0.153. The highest BCUT2D eigenvalue weighted by atomic mass is 16.5. The number of amides is 1. The number of aromatic amines is 1. The Hall–Kier alpha value is -2.97. The van der Waals surface area contributed by atoms with Gasteiger partial charge in [0.15, 0.2) is 0 Å². The van der Waals surface area contributed by atoms with Crippen LogP contribution in [0.4, 0.5) is 0 Å². The first-order chi connectivity index (χ1) is 12.0. The molecule has 1 saturated heterocycles. The number of likely N-dealkylation sites (tertiary alicyclic amines) is 1. The number of hydrogen-bond acceptors (Lipinski definition) is 6.